The smallest absolute Gasteiger partial charge is 0.326 e. The van der Waals surface area contributed by atoms with Crippen LogP contribution in [0.4, 0.5) is 0 Å². The van der Waals surface area contributed by atoms with E-state index >= 15 is 0 Å². The summed E-state index contributed by atoms with van der Waals surface area (Å²) in [7, 11) is 0. The van der Waals surface area contributed by atoms with Gasteiger partial charge >= 0.3 is 11.9 Å². The monoisotopic (exact) mass is 291 g/mol. The highest BCUT2D eigenvalue weighted by atomic mass is 35.5. The Morgan fingerprint density at radius 2 is 1.65 bits per heavy atom. The summed E-state index contributed by atoms with van der Waals surface area (Å²) in [5.74, 6) is -3.55. The third-order valence-corrected chi connectivity index (χ3v) is 1.58. The van der Waals surface area contributed by atoms with Crippen LogP contribution in [0.2, 0.25) is 0 Å². The zero-order chi connectivity index (χ0) is 12.0. The van der Waals surface area contributed by atoms with Crippen LogP contribution in [0, 0.1) is 0 Å². The molecule has 0 aliphatic carbocycles. The minimum absolute atomic E-state index is 0. The van der Waals surface area contributed by atoms with Crippen LogP contribution in [0.25, 0.3) is 0 Å². The van der Waals surface area contributed by atoms with E-state index in [0.29, 0.717) is 0 Å². The van der Waals surface area contributed by atoms with Crippen molar-refractivity contribution >= 4 is 42.7 Å². The summed E-state index contributed by atoms with van der Waals surface area (Å²) in [5.41, 5.74) is 10.3. The van der Waals surface area contributed by atoms with Gasteiger partial charge in [-0.3, -0.25) is 9.59 Å². The van der Waals surface area contributed by atoms with Crippen LogP contribution in [0.3, 0.4) is 0 Å². The van der Waals surface area contributed by atoms with Gasteiger partial charge in [-0.2, -0.15) is 0 Å². The standard InChI is InChI=1S/C7H13N3O5.2ClH/c8-2-3(9)6(13)10-4(7(14)15)1-5(11)12;;/h3-4H,1-2,8-9H2,(H,10,13)(H,11,12)(H,14,15);2*1H/t3-,4-;;/m1../s1. The molecular formula is C7H15Cl2N3O5. The fourth-order valence-corrected chi connectivity index (χ4v) is 0.760. The summed E-state index contributed by atoms with van der Waals surface area (Å²) in [6.45, 7) is -0.148. The highest BCUT2D eigenvalue weighted by Crippen LogP contribution is 1.93. The quantitative estimate of drug-likeness (QED) is 0.385. The molecule has 17 heavy (non-hydrogen) atoms. The Hall–Kier alpha value is -1.09. The van der Waals surface area contributed by atoms with E-state index in [9.17, 15) is 14.4 Å². The second kappa shape index (κ2) is 10.1. The van der Waals surface area contributed by atoms with Crippen molar-refractivity contribution < 1.29 is 24.6 Å². The largest absolute Gasteiger partial charge is 0.481 e. The first-order valence-corrected chi connectivity index (χ1v) is 4.09. The number of hydrogen-bond acceptors (Lipinski definition) is 5. The number of nitrogens with one attached hydrogen (secondary N) is 1. The second-order valence-electron chi connectivity index (χ2n) is 2.84. The minimum Gasteiger partial charge on any atom is -0.481 e. The molecule has 0 heterocycles. The van der Waals surface area contributed by atoms with Gasteiger partial charge in [0, 0.05) is 6.54 Å². The molecule has 0 saturated heterocycles. The molecule has 8 nitrogen and oxygen atoms in total. The lowest BCUT2D eigenvalue weighted by Crippen LogP contribution is -2.51. The third kappa shape index (κ3) is 8.69. The topological polar surface area (TPSA) is 156 Å². The fraction of sp³-hybridized carbons (Fsp3) is 0.571. The summed E-state index contributed by atoms with van der Waals surface area (Å²) < 4.78 is 0. The lowest BCUT2D eigenvalue weighted by molar-refractivity contribution is -0.147. The molecule has 0 aromatic rings. The van der Waals surface area contributed by atoms with E-state index in [2.05, 4.69) is 0 Å². The van der Waals surface area contributed by atoms with Gasteiger partial charge in [0.15, 0.2) is 0 Å². The van der Waals surface area contributed by atoms with Gasteiger partial charge in [0.25, 0.3) is 0 Å². The van der Waals surface area contributed by atoms with Crippen LogP contribution in [0.5, 0.6) is 0 Å². The van der Waals surface area contributed by atoms with E-state index in [1.54, 1.807) is 0 Å². The van der Waals surface area contributed by atoms with E-state index in [4.69, 9.17) is 21.7 Å². The SMILES string of the molecule is Cl.Cl.NC[C@@H](N)C(=O)N[C@H](CC(=O)O)C(=O)O. The van der Waals surface area contributed by atoms with Gasteiger partial charge in [0.1, 0.15) is 6.04 Å². The average molecular weight is 292 g/mol. The zero-order valence-electron chi connectivity index (χ0n) is 8.66. The van der Waals surface area contributed by atoms with Gasteiger partial charge < -0.3 is 27.0 Å². The van der Waals surface area contributed by atoms with E-state index in [1.807, 2.05) is 5.32 Å². The Bertz CT molecular complexity index is 276. The number of carboxylic acid groups (broad SMARTS) is 2. The zero-order valence-corrected chi connectivity index (χ0v) is 10.3. The van der Waals surface area contributed by atoms with Crippen LogP contribution in [-0.2, 0) is 14.4 Å². The molecule has 0 unspecified atom stereocenters. The Balaban J connectivity index is -0.000000980. The van der Waals surface area contributed by atoms with Crippen LogP contribution in [0.1, 0.15) is 6.42 Å². The van der Waals surface area contributed by atoms with Gasteiger partial charge in [0.2, 0.25) is 5.91 Å². The summed E-state index contributed by atoms with van der Waals surface area (Å²) in [6.07, 6.45) is -0.710. The Morgan fingerprint density at radius 1 is 1.18 bits per heavy atom. The first-order valence-electron chi connectivity index (χ1n) is 4.09. The Labute approximate surface area is 110 Å². The van der Waals surface area contributed by atoms with E-state index in [1.165, 1.54) is 0 Å². The van der Waals surface area contributed by atoms with Gasteiger partial charge in [-0.1, -0.05) is 0 Å². The second-order valence-corrected chi connectivity index (χ2v) is 2.84. The van der Waals surface area contributed by atoms with Crippen LogP contribution >= 0.6 is 24.8 Å². The molecule has 0 fully saturated rings. The number of hydrogen-bond donors (Lipinski definition) is 5. The van der Waals surface area contributed by atoms with E-state index in [-0.39, 0.29) is 31.4 Å². The van der Waals surface area contributed by atoms with Crippen molar-refractivity contribution in [1.82, 2.24) is 5.32 Å². The number of carbonyl (C=O) groups is 3. The highest BCUT2D eigenvalue weighted by molar-refractivity contribution is 5.89. The van der Waals surface area contributed by atoms with Crippen molar-refractivity contribution in [3.8, 4) is 0 Å². The molecule has 0 spiro atoms. The summed E-state index contributed by atoms with van der Waals surface area (Å²) >= 11 is 0. The molecule has 0 saturated carbocycles. The van der Waals surface area contributed by atoms with Gasteiger partial charge in [-0.05, 0) is 0 Å². The van der Waals surface area contributed by atoms with Gasteiger partial charge in [-0.25, -0.2) is 4.79 Å². The molecule has 10 heteroatoms. The molecule has 0 bridgehead atoms. The number of aliphatic carboxylic acids is 2. The van der Waals surface area contributed by atoms with Gasteiger partial charge in [-0.15, -0.1) is 24.8 Å². The lowest BCUT2D eigenvalue weighted by atomic mass is 10.2. The van der Waals surface area contributed by atoms with Crippen molar-refractivity contribution in [2.24, 2.45) is 11.5 Å². The summed E-state index contributed by atoms with van der Waals surface area (Å²) in [6, 6.07) is -2.53. The maximum atomic E-state index is 11.1. The molecule has 102 valence electrons. The lowest BCUT2D eigenvalue weighted by Gasteiger charge is -2.15. The normalized spacial score (nSPS) is 12.4. The molecule has 0 aromatic heterocycles. The number of rotatable bonds is 6. The van der Waals surface area contributed by atoms with Crippen molar-refractivity contribution in [3.63, 3.8) is 0 Å². The first-order chi connectivity index (χ1) is 6.88. The first kappa shape index (κ1) is 21.2. The number of carbonyl (C=O) groups excluding carboxylic acids is 1. The summed E-state index contributed by atoms with van der Waals surface area (Å²) in [4.78, 5) is 31.9. The molecule has 0 aliphatic rings. The maximum absolute atomic E-state index is 11.1. The molecule has 7 N–H and O–H groups in total. The molecular weight excluding hydrogens is 277 g/mol. The number of nitrogens with two attached hydrogens (primary N) is 2. The predicted octanol–water partition coefficient (Wildman–Crippen LogP) is -1.84. The Morgan fingerprint density at radius 3 is 1.94 bits per heavy atom. The molecule has 1 amide bonds. The molecule has 2 atom stereocenters. The average Bonchev–Trinajstić information content (AvgIpc) is 2.14. The molecule has 0 aromatic carbocycles. The van der Waals surface area contributed by atoms with E-state index < -0.39 is 36.4 Å². The summed E-state index contributed by atoms with van der Waals surface area (Å²) in [5, 5.41) is 18.9. The predicted molar refractivity (Wildman–Crippen MR) is 63.3 cm³/mol. The van der Waals surface area contributed by atoms with Crippen LogP contribution in [0.15, 0.2) is 0 Å². The Kier molecular flexibility index (Phi) is 12.6. The third-order valence-electron chi connectivity index (χ3n) is 1.58. The maximum Gasteiger partial charge on any atom is 0.326 e. The molecule has 0 radical (unpaired) electrons. The number of halogens is 2. The van der Waals surface area contributed by atoms with Crippen molar-refractivity contribution in [2.75, 3.05) is 6.54 Å². The number of amides is 1. The minimum atomic E-state index is -1.49. The van der Waals surface area contributed by atoms with E-state index in [0.717, 1.165) is 0 Å². The fourth-order valence-electron chi connectivity index (χ4n) is 0.760. The highest BCUT2D eigenvalue weighted by Gasteiger charge is 2.24. The van der Waals surface area contributed by atoms with Crippen LogP contribution in [-0.4, -0.2) is 46.7 Å². The van der Waals surface area contributed by atoms with Crippen molar-refractivity contribution in [1.29, 1.82) is 0 Å². The van der Waals surface area contributed by atoms with Crippen molar-refractivity contribution in [2.45, 2.75) is 18.5 Å². The molecule has 0 aliphatic heterocycles. The number of carboxylic acids is 2. The van der Waals surface area contributed by atoms with Gasteiger partial charge in [0.05, 0.1) is 12.5 Å². The molecule has 0 rings (SSSR count). The van der Waals surface area contributed by atoms with Crippen LogP contribution < -0.4 is 16.8 Å². The van der Waals surface area contributed by atoms with Crippen molar-refractivity contribution in [3.05, 3.63) is 0 Å².